The van der Waals surface area contributed by atoms with Gasteiger partial charge in [0.25, 0.3) is 5.91 Å². The molecular formula is C25H34N2O3. The fourth-order valence-corrected chi connectivity index (χ4v) is 3.89. The van der Waals surface area contributed by atoms with Crippen molar-refractivity contribution in [1.29, 1.82) is 0 Å². The van der Waals surface area contributed by atoms with E-state index in [0.29, 0.717) is 24.6 Å². The summed E-state index contributed by atoms with van der Waals surface area (Å²) in [7, 11) is 0. The highest BCUT2D eigenvalue weighted by atomic mass is 16.5. The number of benzene rings is 2. The summed E-state index contributed by atoms with van der Waals surface area (Å²) in [6.45, 7) is 4.08. The first-order chi connectivity index (χ1) is 14.7. The molecule has 1 amide bonds. The van der Waals surface area contributed by atoms with Crippen LogP contribution in [0.4, 0.5) is 0 Å². The average Bonchev–Trinajstić information content (AvgIpc) is 2.79. The molecule has 162 valence electrons. The van der Waals surface area contributed by atoms with Gasteiger partial charge in [0.2, 0.25) is 0 Å². The quantitative estimate of drug-likeness (QED) is 0.563. The highest BCUT2D eigenvalue weighted by molar-refractivity contribution is 5.94. The van der Waals surface area contributed by atoms with E-state index in [4.69, 9.17) is 4.74 Å². The van der Waals surface area contributed by atoms with E-state index in [1.165, 1.54) is 0 Å². The summed E-state index contributed by atoms with van der Waals surface area (Å²) in [6.07, 6.45) is 3.79. The van der Waals surface area contributed by atoms with Crippen molar-refractivity contribution in [2.75, 3.05) is 19.8 Å². The molecule has 2 atom stereocenters. The van der Waals surface area contributed by atoms with Gasteiger partial charge in [-0.3, -0.25) is 4.79 Å². The number of ether oxygens (including phenoxy) is 1. The fraction of sp³-hybridized carbons (Fsp3) is 0.480. The van der Waals surface area contributed by atoms with E-state index in [2.05, 4.69) is 17.6 Å². The first kappa shape index (κ1) is 22.5. The number of nitrogens with one attached hydrogen (secondary N) is 2. The summed E-state index contributed by atoms with van der Waals surface area (Å²) in [5, 5.41) is 17.5. The Labute approximate surface area is 179 Å². The Balaban J connectivity index is 1.66. The fourth-order valence-electron chi connectivity index (χ4n) is 3.89. The smallest absolute Gasteiger partial charge is 0.251 e. The summed E-state index contributed by atoms with van der Waals surface area (Å²) in [5.74, 6) is -0.140. The first-order valence-electron chi connectivity index (χ1n) is 11.1. The molecule has 0 bridgehead atoms. The Morgan fingerprint density at radius 2 is 1.83 bits per heavy atom. The van der Waals surface area contributed by atoms with Gasteiger partial charge in [0.15, 0.2) is 0 Å². The maximum atomic E-state index is 13.0. The van der Waals surface area contributed by atoms with Gasteiger partial charge in [-0.1, -0.05) is 55.8 Å². The minimum atomic E-state index is -0.684. The van der Waals surface area contributed by atoms with Crippen LogP contribution in [0.2, 0.25) is 0 Å². The molecule has 2 aromatic carbocycles. The van der Waals surface area contributed by atoms with E-state index in [1.807, 2.05) is 54.6 Å². The van der Waals surface area contributed by atoms with E-state index >= 15 is 0 Å². The molecule has 0 unspecified atom stereocenters. The lowest BCUT2D eigenvalue weighted by atomic mass is 9.99. The molecule has 1 fully saturated rings. The summed E-state index contributed by atoms with van der Waals surface area (Å²) in [5.41, 5.74) is 2.89. The molecule has 3 rings (SSSR count). The molecule has 3 N–H and O–H groups in total. The van der Waals surface area contributed by atoms with Crippen LogP contribution in [0.3, 0.4) is 0 Å². The zero-order valence-corrected chi connectivity index (χ0v) is 17.8. The summed E-state index contributed by atoms with van der Waals surface area (Å²) in [6, 6.07) is 17.7. The van der Waals surface area contributed by atoms with Gasteiger partial charge in [-0.25, -0.2) is 0 Å². The first-order valence-corrected chi connectivity index (χ1v) is 11.1. The molecule has 5 nitrogen and oxygen atoms in total. The summed E-state index contributed by atoms with van der Waals surface area (Å²) in [4.78, 5) is 13.0. The van der Waals surface area contributed by atoms with Crippen molar-refractivity contribution < 1.29 is 14.6 Å². The van der Waals surface area contributed by atoms with E-state index in [-0.39, 0.29) is 11.9 Å². The number of aryl methyl sites for hydroxylation is 1. The molecule has 0 aromatic heterocycles. The Morgan fingerprint density at radius 3 is 2.57 bits per heavy atom. The second kappa shape index (κ2) is 11.8. The Bertz CT molecular complexity index is 775. The van der Waals surface area contributed by atoms with Gasteiger partial charge < -0.3 is 20.5 Å². The van der Waals surface area contributed by atoms with Crippen molar-refractivity contribution in [3.63, 3.8) is 0 Å². The van der Waals surface area contributed by atoms with Crippen molar-refractivity contribution in [2.45, 2.75) is 57.2 Å². The standard InChI is InChI=1S/C25H34N2O3/c1-2-7-19-10-6-11-21(16-19)25(29)27-23(17-20-8-4-3-5-9-20)24(28)18-26-22-12-14-30-15-13-22/h3-6,8-11,16,22-24,26,28H,2,7,12-15,17-18H2,1H3,(H,27,29)/t23-,24+/m0/s1. The van der Waals surface area contributed by atoms with Crippen LogP contribution >= 0.6 is 0 Å². The summed E-state index contributed by atoms with van der Waals surface area (Å²) < 4.78 is 5.40. The molecule has 0 aliphatic carbocycles. The number of rotatable bonds is 10. The highest BCUT2D eigenvalue weighted by Crippen LogP contribution is 2.12. The third-order valence-electron chi connectivity index (χ3n) is 5.64. The Morgan fingerprint density at radius 1 is 1.10 bits per heavy atom. The number of aliphatic hydroxyl groups is 1. The third kappa shape index (κ3) is 6.94. The lowest BCUT2D eigenvalue weighted by molar-refractivity contribution is 0.0657. The predicted octanol–water partition coefficient (Wildman–Crippen LogP) is 3.11. The predicted molar refractivity (Wildman–Crippen MR) is 120 cm³/mol. The van der Waals surface area contributed by atoms with Gasteiger partial charge in [-0.15, -0.1) is 0 Å². The van der Waals surface area contributed by atoms with Gasteiger partial charge in [0.05, 0.1) is 12.1 Å². The molecule has 1 aliphatic heterocycles. The Hall–Kier alpha value is -2.21. The largest absolute Gasteiger partial charge is 0.390 e. The molecule has 5 heteroatoms. The number of carbonyl (C=O) groups is 1. The number of hydrogen-bond acceptors (Lipinski definition) is 4. The van der Waals surface area contributed by atoms with Gasteiger partial charge in [-0.05, 0) is 48.9 Å². The van der Waals surface area contributed by atoms with Crippen molar-refractivity contribution in [1.82, 2.24) is 10.6 Å². The van der Waals surface area contributed by atoms with Crippen LogP contribution in [0.1, 0.15) is 47.7 Å². The monoisotopic (exact) mass is 410 g/mol. The van der Waals surface area contributed by atoms with Gasteiger partial charge >= 0.3 is 0 Å². The normalized spacial score (nSPS) is 16.7. The molecule has 0 radical (unpaired) electrons. The zero-order valence-electron chi connectivity index (χ0n) is 17.8. The van der Waals surface area contributed by atoms with Crippen molar-refractivity contribution in [2.24, 2.45) is 0 Å². The maximum Gasteiger partial charge on any atom is 0.251 e. The van der Waals surface area contributed by atoms with Crippen LogP contribution in [0, 0.1) is 0 Å². The van der Waals surface area contributed by atoms with Crippen LogP contribution in [0.15, 0.2) is 54.6 Å². The van der Waals surface area contributed by atoms with Crippen LogP contribution in [-0.4, -0.2) is 49.0 Å². The minimum absolute atomic E-state index is 0.140. The molecule has 1 heterocycles. The van der Waals surface area contributed by atoms with Crippen LogP contribution in [0.5, 0.6) is 0 Å². The van der Waals surface area contributed by atoms with E-state index in [0.717, 1.165) is 50.0 Å². The topological polar surface area (TPSA) is 70.6 Å². The molecular weight excluding hydrogens is 376 g/mol. The van der Waals surface area contributed by atoms with Crippen LogP contribution < -0.4 is 10.6 Å². The number of amides is 1. The van der Waals surface area contributed by atoms with E-state index in [1.54, 1.807) is 0 Å². The maximum absolute atomic E-state index is 13.0. The van der Waals surface area contributed by atoms with Crippen LogP contribution in [0.25, 0.3) is 0 Å². The zero-order chi connectivity index (χ0) is 21.2. The van der Waals surface area contributed by atoms with Gasteiger partial charge in [-0.2, -0.15) is 0 Å². The molecule has 2 aromatic rings. The van der Waals surface area contributed by atoms with Crippen molar-refractivity contribution in [3.05, 3.63) is 71.3 Å². The lowest BCUT2D eigenvalue weighted by Crippen LogP contribution is -2.50. The number of hydrogen-bond donors (Lipinski definition) is 3. The van der Waals surface area contributed by atoms with E-state index in [9.17, 15) is 9.90 Å². The van der Waals surface area contributed by atoms with Crippen LogP contribution in [-0.2, 0) is 17.6 Å². The summed E-state index contributed by atoms with van der Waals surface area (Å²) >= 11 is 0. The second-order valence-electron chi connectivity index (χ2n) is 8.08. The van der Waals surface area contributed by atoms with Gasteiger partial charge in [0.1, 0.15) is 0 Å². The molecule has 1 aliphatic rings. The van der Waals surface area contributed by atoms with Crippen molar-refractivity contribution in [3.8, 4) is 0 Å². The van der Waals surface area contributed by atoms with E-state index < -0.39 is 6.10 Å². The Kier molecular flexibility index (Phi) is 8.87. The van der Waals surface area contributed by atoms with Gasteiger partial charge in [0, 0.05) is 31.4 Å². The molecule has 0 spiro atoms. The third-order valence-corrected chi connectivity index (χ3v) is 5.64. The molecule has 1 saturated heterocycles. The lowest BCUT2D eigenvalue weighted by Gasteiger charge is -2.28. The second-order valence-corrected chi connectivity index (χ2v) is 8.08. The minimum Gasteiger partial charge on any atom is -0.390 e. The average molecular weight is 411 g/mol. The number of carbonyl (C=O) groups excluding carboxylic acids is 1. The molecule has 0 saturated carbocycles. The van der Waals surface area contributed by atoms with Crippen molar-refractivity contribution >= 4 is 5.91 Å². The highest BCUT2D eigenvalue weighted by Gasteiger charge is 2.24. The SMILES string of the molecule is CCCc1cccc(C(=O)N[C@@H](Cc2ccccc2)[C@H](O)CNC2CCOCC2)c1. The number of aliphatic hydroxyl groups excluding tert-OH is 1. The molecule has 30 heavy (non-hydrogen) atoms.